The maximum Gasteiger partial charge on any atom is 0.416 e. The number of hydrogen-bond donors (Lipinski definition) is 0. The molecule has 94 valence electrons. The van der Waals surface area contributed by atoms with Gasteiger partial charge in [0, 0.05) is 0 Å². The van der Waals surface area contributed by atoms with Gasteiger partial charge in [0.2, 0.25) is 0 Å². The molecule has 0 N–H and O–H groups in total. The second kappa shape index (κ2) is 5.87. The summed E-state index contributed by atoms with van der Waals surface area (Å²) in [5.41, 5.74) is -0.196. The van der Waals surface area contributed by atoms with Crippen LogP contribution >= 0.6 is 0 Å². The highest BCUT2D eigenvalue weighted by Crippen LogP contribution is 2.29. The minimum atomic E-state index is -4.39. The van der Waals surface area contributed by atoms with Crippen molar-refractivity contribution in [1.29, 1.82) is 5.26 Å². The first-order valence-electron chi connectivity index (χ1n) is 4.80. The first-order chi connectivity index (χ1) is 8.47. The average molecular weight is 255 g/mol. The first-order valence-corrected chi connectivity index (χ1v) is 4.80. The SMILES string of the molecule is N#C/C(=C\c1ccc(C(F)(F)F)cc1)COC=O. The van der Waals surface area contributed by atoms with Gasteiger partial charge in [-0.15, -0.1) is 0 Å². The van der Waals surface area contributed by atoms with Gasteiger partial charge in [0.1, 0.15) is 6.61 Å². The second-order valence-corrected chi connectivity index (χ2v) is 3.31. The van der Waals surface area contributed by atoms with Gasteiger partial charge in [-0.3, -0.25) is 4.79 Å². The van der Waals surface area contributed by atoms with E-state index in [9.17, 15) is 18.0 Å². The van der Waals surface area contributed by atoms with E-state index >= 15 is 0 Å². The van der Waals surface area contributed by atoms with Crippen LogP contribution in [0, 0.1) is 11.3 Å². The molecule has 0 radical (unpaired) electrons. The fraction of sp³-hybridized carbons (Fsp3) is 0.167. The van der Waals surface area contributed by atoms with Crippen LogP contribution < -0.4 is 0 Å². The number of rotatable bonds is 4. The van der Waals surface area contributed by atoms with Gasteiger partial charge in [0.05, 0.1) is 17.2 Å². The van der Waals surface area contributed by atoms with E-state index in [1.165, 1.54) is 18.2 Å². The Hall–Kier alpha value is -2.29. The fourth-order valence-electron chi connectivity index (χ4n) is 1.20. The van der Waals surface area contributed by atoms with Crippen molar-refractivity contribution < 1.29 is 22.7 Å². The van der Waals surface area contributed by atoms with Crippen molar-refractivity contribution in [2.75, 3.05) is 6.61 Å². The van der Waals surface area contributed by atoms with E-state index in [4.69, 9.17) is 5.26 Å². The average Bonchev–Trinajstić information content (AvgIpc) is 2.34. The summed E-state index contributed by atoms with van der Waals surface area (Å²) in [4.78, 5) is 9.95. The Kier molecular flexibility index (Phi) is 4.49. The Labute approximate surface area is 101 Å². The van der Waals surface area contributed by atoms with Gasteiger partial charge in [-0.25, -0.2) is 0 Å². The molecule has 0 amide bonds. The minimum absolute atomic E-state index is 0.141. The molecule has 18 heavy (non-hydrogen) atoms. The Morgan fingerprint density at radius 3 is 2.39 bits per heavy atom. The summed E-state index contributed by atoms with van der Waals surface area (Å²) in [5.74, 6) is 0. The molecule has 1 aromatic carbocycles. The van der Waals surface area contributed by atoms with Crippen molar-refractivity contribution in [2.45, 2.75) is 6.18 Å². The number of carbonyl (C=O) groups excluding carboxylic acids is 1. The highest BCUT2D eigenvalue weighted by atomic mass is 19.4. The Bertz CT molecular complexity index is 484. The van der Waals surface area contributed by atoms with E-state index < -0.39 is 11.7 Å². The number of nitriles is 1. The number of benzene rings is 1. The fourth-order valence-corrected chi connectivity index (χ4v) is 1.20. The van der Waals surface area contributed by atoms with Gasteiger partial charge >= 0.3 is 6.18 Å². The number of ether oxygens (including phenoxy) is 1. The zero-order valence-electron chi connectivity index (χ0n) is 9.07. The highest BCUT2D eigenvalue weighted by Gasteiger charge is 2.29. The van der Waals surface area contributed by atoms with Crippen molar-refractivity contribution in [3.05, 3.63) is 41.0 Å². The lowest BCUT2D eigenvalue weighted by Gasteiger charge is -2.06. The number of hydrogen-bond acceptors (Lipinski definition) is 3. The summed E-state index contributed by atoms with van der Waals surface area (Å²) in [6.07, 6.45) is -3.04. The first kappa shape index (κ1) is 13.8. The standard InChI is InChI=1S/C12H8F3NO2/c13-12(14,15)11-3-1-9(2-4-11)5-10(6-16)7-18-8-17/h1-5,8H,7H2/b10-5+. The van der Waals surface area contributed by atoms with Crippen molar-refractivity contribution in [3.8, 4) is 6.07 Å². The van der Waals surface area contributed by atoms with Crippen LogP contribution in [0.1, 0.15) is 11.1 Å². The quantitative estimate of drug-likeness (QED) is 0.614. The van der Waals surface area contributed by atoms with Crippen LogP contribution in [0.5, 0.6) is 0 Å². The number of nitrogens with zero attached hydrogens (tertiary/aromatic N) is 1. The number of alkyl halides is 3. The van der Waals surface area contributed by atoms with Gasteiger partial charge in [0.25, 0.3) is 6.47 Å². The van der Waals surface area contributed by atoms with E-state index in [1.807, 2.05) is 0 Å². The molecule has 1 rings (SSSR count). The molecule has 3 nitrogen and oxygen atoms in total. The molecule has 0 aliphatic heterocycles. The Balaban J connectivity index is 2.88. The molecule has 0 heterocycles. The molecule has 0 saturated carbocycles. The van der Waals surface area contributed by atoms with E-state index in [-0.39, 0.29) is 18.7 Å². The lowest BCUT2D eigenvalue weighted by atomic mass is 10.1. The van der Waals surface area contributed by atoms with Crippen LogP contribution in [0.2, 0.25) is 0 Å². The lowest BCUT2D eigenvalue weighted by molar-refractivity contribution is -0.137. The molecule has 0 fully saturated rings. The summed E-state index contributed by atoms with van der Waals surface area (Å²) in [6, 6.07) is 6.10. The second-order valence-electron chi connectivity index (χ2n) is 3.31. The van der Waals surface area contributed by atoms with E-state index in [0.29, 0.717) is 5.56 Å². The molecular formula is C12H8F3NO2. The van der Waals surface area contributed by atoms with Crippen LogP contribution in [-0.2, 0) is 15.7 Å². The van der Waals surface area contributed by atoms with E-state index in [2.05, 4.69) is 4.74 Å². The molecule has 0 aliphatic carbocycles. The van der Waals surface area contributed by atoms with Gasteiger partial charge in [-0.2, -0.15) is 18.4 Å². The molecule has 0 saturated heterocycles. The normalized spacial score (nSPS) is 11.8. The van der Waals surface area contributed by atoms with Crippen molar-refractivity contribution >= 4 is 12.5 Å². The van der Waals surface area contributed by atoms with Crippen molar-refractivity contribution in [2.24, 2.45) is 0 Å². The summed E-state index contributed by atoms with van der Waals surface area (Å²) >= 11 is 0. The maximum absolute atomic E-state index is 12.3. The Morgan fingerprint density at radius 1 is 1.33 bits per heavy atom. The molecule has 0 aromatic heterocycles. The molecular weight excluding hydrogens is 247 g/mol. The van der Waals surface area contributed by atoms with Gasteiger partial charge in [-0.1, -0.05) is 12.1 Å². The van der Waals surface area contributed by atoms with Crippen LogP contribution in [0.3, 0.4) is 0 Å². The summed E-state index contributed by atoms with van der Waals surface area (Å²) < 4.78 is 41.3. The van der Waals surface area contributed by atoms with Crippen LogP contribution in [0.25, 0.3) is 6.08 Å². The third-order valence-electron chi connectivity index (χ3n) is 2.03. The molecule has 6 heteroatoms. The molecule has 0 atom stereocenters. The summed E-state index contributed by atoms with van der Waals surface area (Å²) in [5, 5.41) is 8.70. The number of carbonyl (C=O) groups is 1. The minimum Gasteiger partial charge on any atom is -0.462 e. The van der Waals surface area contributed by atoms with Crippen molar-refractivity contribution in [1.82, 2.24) is 0 Å². The zero-order valence-corrected chi connectivity index (χ0v) is 9.07. The van der Waals surface area contributed by atoms with Crippen LogP contribution in [-0.4, -0.2) is 13.1 Å². The summed E-state index contributed by atoms with van der Waals surface area (Å²) in [6.45, 7) is -0.0149. The monoisotopic (exact) mass is 255 g/mol. The molecule has 0 bridgehead atoms. The van der Waals surface area contributed by atoms with E-state index in [0.717, 1.165) is 12.1 Å². The Morgan fingerprint density at radius 2 is 1.94 bits per heavy atom. The van der Waals surface area contributed by atoms with Gasteiger partial charge in [0.15, 0.2) is 0 Å². The third-order valence-corrected chi connectivity index (χ3v) is 2.03. The highest BCUT2D eigenvalue weighted by molar-refractivity contribution is 5.58. The smallest absolute Gasteiger partial charge is 0.416 e. The van der Waals surface area contributed by atoms with Crippen LogP contribution in [0.15, 0.2) is 29.8 Å². The predicted octanol–water partition coefficient (Wildman–Crippen LogP) is 2.79. The van der Waals surface area contributed by atoms with Crippen LogP contribution in [0.4, 0.5) is 13.2 Å². The molecule has 0 spiro atoms. The number of halogens is 3. The maximum atomic E-state index is 12.3. The largest absolute Gasteiger partial charge is 0.462 e. The molecule has 0 aliphatic rings. The third kappa shape index (κ3) is 3.94. The molecule has 1 aromatic rings. The summed E-state index contributed by atoms with van der Waals surface area (Å²) in [7, 11) is 0. The lowest BCUT2D eigenvalue weighted by Crippen LogP contribution is -2.04. The predicted molar refractivity (Wildman–Crippen MR) is 57.1 cm³/mol. The zero-order chi connectivity index (χ0) is 13.6. The van der Waals surface area contributed by atoms with Gasteiger partial charge in [-0.05, 0) is 23.8 Å². The van der Waals surface area contributed by atoms with E-state index in [1.54, 1.807) is 6.07 Å². The molecule has 0 unspecified atom stereocenters. The van der Waals surface area contributed by atoms with Gasteiger partial charge < -0.3 is 4.74 Å². The van der Waals surface area contributed by atoms with Crippen molar-refractivity contribution in [3.63, 3.8) is 0 Å². The topological polar surface area (TPSA) is 50.1 Å².